The molecular formula is C27H55N2O2+. The number of amides is 1. The molecule has 0 atom stereocenters. The summed E-state index contributed by atoms with van der Waals surface area (Å²) in [5.74, 6) is 0.198. The molecule has 4 heteroatoms. The minimum Gasteiger partial charge on any atom is -0.343 e. The van der Waals surface area contributed by atoms with E-state index >= 15 is 0 Å². The molecule has 1 aromatic carbocycles. The molecule has 0 unspecified atom stereocenters. The fourth-order valence-corrected chi connectivity index (χ4v) is 2.47. The van der Waals surface area contributed by atoms with Crippen LogP contribution in [0, 0.1) is 33.8 Å². The molecule has 31 heavy (non-hydrogen) atoms. The summed E-state index contributed by atoms with van der Waals surface area (Å²) in [5.41, 5.74) is 5.62. The van der Waals surface area contributed by atoms with Gasteiger partial charge in [0, 0.05) is 20.0 Å². The molecule has 0 aliphatic rings. The normalized spacial score (nSPS) is 7.71. The Hall–Kier alpha value is -2.02. The fourth-order valence-electron chi connectivity index (χ4n) is 2.47. The van der Waals surface area contributed by atoms with E-state index in [1.807, 2.05) is 74.1 Å². The number of benzene rings is 1. The monoisotopic (exact) mass is 439 g/mol. The Morgan fingerprint density at radius 2 is 1.23 bits per heavy atom. The van der Waals surface area contributed by atoms with E-state index in [1.165, 1.54) is 11.1 Å². The maximum atomic E-state index is 10.8. The van der Waals surface area contributed by atoms with Crippen LogP contribution in [0.3, 0.4) is 0 Å². The molecule has 0 spiro atoms. The Morgan fingerprint density at radius 1 is 0.839 bits per heavy atom. The Labute approximate surface area is 195 Å². The van der Waals surface area contributed by atoms with Gasteiger partial charge in [-0.3, -0.25) is 4.79 Å². The van der Waals surface area contributed by atoms with Crippen molar-refractivity contribution in [3.63, 3.8) is 0 Å². The molecule has 0 saturated carbocycles. The van der Waals surface area contributed by atoms with E-state index in [9.17, 15) is 4.79 Å². The first-order chi connectivity index (χ1) is 14.8. The predicted molar refractivity (Wildman–Crippen MR) is 142 cm³/mol. The van der Waals surface area contributed by atoms with Gasteiger partial charge in [0.15, 0.2) is 0 Å². The van der Waals surface area contributed by atoms with Crippen LogP contribution in [-0.4, -0.2) is 29.1 Å². The molecule has 0 aliphatic heterocycles. The second kappa shape index (κ2) is 30.2. The molecular weight excluding hydrogens is 384 g/mol. The number of rotatable bonds is 4. The van der Waals surface area contributed by atoms with Gasteiger partial charge in [0.2, 0.25) is 10.9 Å². The first-order valence-electron chi connectivity index (χ1n) is 12.2. The minimum absolute atomic E-state index is 0.198. The van der Waals surface area contributed by atoms with Crippen LogP contribution in [0.4, 0.5) is 0 Å². The molecule has 4 nitrogen and oxygen atoms in total. The van der Waals surface area contributed by atoms with E-state index in [0.29, 0.717) is 0 Å². The zero-order valence-electron chi connectivity index (χ0n) is 23.7. The summed E-state index contributed by atoms with van der Waals surface area (Å²) in [7, 11) is 0. The van der Waals surface area contributed by atoms with Crippen molar-refractivity contribution in [2.24, 2.45) is 0 Å². The van der Waals surface area contributed by atoms with Crippen LogP contribution in [0.15, 0.2) is 6.07 Å². The molecule has 184 valence electrons. The maximum absolute atomic E-state index is 10.8. The van der Waals surface area contributed by atoms with Crippen molar-refractivity contribution in [1.82, 2.24) is 4.90 Å². The van der Waals surface area contributed by atoms with Gasteiger partial charge in [-0.2, -0.15) is 5.21 Å². The van der Waals surface area contributed by atoms with Gasteiger partial charge >= 0.3 is 6.07 Å². The maximum Gasteiger partial charge on any atom is 0.388 e. The number of carbonyl (C=O) groups is 1. The Bertz CT molecular complexity index is 579. The van der Waals surface area contributed by atoms with E-state index in [2.05, 4.69) is 44.8 Å². The van der Waals surface area contributed by atoms with E-state index in [-0.39, 0.29) is 5.91 Å². The van der Waals surface area contributed by atoms with Crippen molar-refractivity contribution < 1.29 is 10.0 Å². The van der Waals surface area contributed by atoms with Crippen LogP contribution in [-0.2, 0) is 4.79 Å². The van der Waals surface area contributed by atoms with Crippen LogP contribution in [0.1, 0.15) is 117 Å². The first kappa shape index (κ1) is 39.5. The first-order valence-corrected chi connectivity index (χ1v) is 12.2. The highest BCUT2D eigenvalue weighted by molar-refractivity contribution is 5.73. The topological polar surface area (TPSA) is 44.9 Å². The average molecular weight is 440 g/mol. The van der Waals surface area contributed by atoms with Gasteiger partial charge in [0.05, 0.1) is 0 Å². The Balaban J connectivity index is -0.000000112. The van der Waals surface area contributed by atoms with E-state index < -0.39 is 0 Å². The zero-order valence-corrected chi connectivity index (χ0v) is 23.7. The van der Waals surface area contributed by atoms with Gasteiger partial charge in [0.25, 0.3) is 0 Å². The van der Waals surface area contributed by atoms with E-state index in [4.69, 9.17) is 5.21 Å². The van der Waals surface area contributed by atoms with Crippen molar-refractivity contribution in [3.05, 3.63) is 38.9 Å². The summed E-state index contributed by atoms with van der Waals surface area (Å²) >= 11 is 0. The second-order valence-electron chi connectivity index (χ2n) is 5.85. The van der Waals surface area contributed by atoms with Crippen LogP contribution in [0.2, 0.25) is 0 Å². The van der Waals surface area contributed by atoms with E-state index in [0.717, 1.165) is 42.6 Å². The molecule has 0 bridgehead atoms. The lowest BCUT2D eigenvalue weighted by Crippen LogP contribution is -2.29. The highest BCUT2D eigenvalue weighted by atomic mass is 16.4. The van der Waals surface area contributed by atoms with Crippen LogP contribution in [0.25, 0.3) is 5.01 Å². The number of hydrogen-bond donors (Lipinski definition) is 1. The van der Waals surface area contributed by atoms with Crippen LogP contribution in [0.5, 0.6) is 0 Å². The molecule has 0 saturated heterocycles. The third-order valence-corrected chi connectivity index (χ3v) is 3.95. The van der Waals surface area contributed by atoms with Crippen LogP contribution < -0.4 is 0 Å². The molecule has 0 heterocycles. The van der Waals surface area contributed by atoms with Crippen molar-refractivity contribution in [2.45, 2.75) is 117 Å². The largest absolute Gasteiger partial charge is 0.388 e. The third kappa shape index (κ3) is 19.7. The Kier molecular flexibility index (Phi) is 38.4. The zero-order chi connectivity index (χ0) is 26.0. The lowest BCUT2D eigenvalue weighted by molar-refractivity contribution is -0.128. The molecule has 0 fully saturated rings. The molecule has 1 N–H and O–H groups in total. The molecule has 1 amide bonds. The minimum atomic E-state index is 0.198. The highest BCUT2D eigenvalue weighted by Crippen LogP contribution is 2.20. The van der Waals surface area contributed by atoms with Crippen LogP contribution >= 0.6 is 0 Å². The molecule has 0 aromatic heterocycles. The van der Waals surface area contributed by atoms with Gasteiger partial charge < -0.3 is 4.90 Å². The standard InChI is InChI=1S/C11H13NO.C8H17NO.4C2H6/c1-7-5-8(2)11(6-12-13)10(4)9(7)3;1-4-6-9(7-5-2)8(3)10;4*1-2/h5H,1-4H3;4-7H2,1-3H3;4*1-2H3/p+1. The van der Waals surface area contributed by atoms with Gasteiger partial charge in [0.1, 0.15) is 5.56 Å². The summed E-state index contributed by atoms with van der Waals surface area (Å²) in [6, 6.07) is 4.67. The molecule has 1 aromatic rings. The van der Waals surface area contributed by atoms with Crippen molar-refractivity contribution in [3.8, 4) is 6.07 Å². The summed E-state index contributed by atoms with van der Waals surface area (Å²) < 4.78 is 0. The number of aryl methyl sites for hydroxylation is 2. The summed E-state index contributed by atoms with van der Waals surface area (Å²) in [4.78, 5) is 12.7. The summed E-state index contributed by atoms with van der Waals surface area (Å²) in [6.45, 7) is 31.8. The van der Waals surface area contributed by atoms with E-state index in [1.54, 1.807) is 6.92 Å². The Morgan fingerprint density at radius 3 is 1.52 bits per heavy atom. The van der Waals surface area contributed by atoms with Crippen molar-refractivity contribution >= 4 is 5.91 Å². The third-order valence-electron chi connectivity index (χ3n) is 3.95. The highest BCUT2D eigenvalue weighted by Gasteiger charge is 2.10. The summed E-state index contributed by atoms with van der Waals surface area (Å²) in [6.07, 6.45) is 2.11. The summed E-state index contributed by atoms with van der Waals surface area (Å²) in [5, 5.41) is 11.4. The molecule has 0 radical (unpaired) electrons. The second-order valence-corrected chi connectivity index (χ2v) is 5.85. The average Bonchev–Trinajstić information content (AvgIpc) is 2.81. The van der Waals surface area contributed by atoms with Gasteiger partial charge in [-0.25, -0.2) is 0 Å². The lowest BCUT2D eigenvalue weighted by atomic mass is 9.95. The SMILES string of the molecule is CC.CC.CC.CC.CCCN(CCC)C(C)=O.Cc1cc(C)c(C#[N+]O)c(C)c1C. The lowest BCUT2D eigenvalue weighted by Gasteiger charge is -2.18. The fraction of sp³-hybridized carbons (Fsp3) is 0.704. The number of nitrogens with zero attached hydrogens (tertiary/aromatic N) is 2. The predicted octanol–water partition coefficient (Wildman–Crippen LogP) is 8.75. The van der Waals surface area contributed by atoms with Gasteiger partial charge in [-0.15, -0.1) is 0 Å². The van der Waals surface area contributed by atoms with Crippen molar-refractivity contribution in [2.75, 3.05) is 13.1 Å². The molecule has 1 rings (SSSR count). The van der Waals surface area contributed by atoms with Gasteiger partial charge in [-0.05, 0) is 62.8 Å². The van der Waals surface area contributed by atoms with Gasteiger partial charge in [-0.1, -0.05) is 75.3 Å². The quantitative estimate of drug-likeness (QED) is 0.476. The van der Waals surface area contributed by atoms with Crippen molar-refractivity contribution in [1.29, 1.82) is 0 Å². The number of hydrogen-bond acceptors (Lipinski definition) is 2. The number of carbonyl (C=O) groups excluding carboxylic acids is 1. The molecule has 0 aliphatic carbocycles. The smallest absolute Gasteiger partial charge is 0.343 e.